The van der Waals surface area contributed by atoms with Crippen LogP contribution in [0.1, 0.15) is 62.8 Å². The van der Waals surface area contributed by atoms with Gasteiger partial charge in [-0.1, -0.05) is 192 Å². The molecule has 96 heavy (non-hydrogen) atoms. The molecule has 0 fully saturated rings. The molecule has 0 bridgehead atoms. The lowest BCUT2D eigenvalue weighted by Gasteiger charge is -2.42. The van der Waals surface area contributed by atoms with Crippen molar-refractivity contribution in [3.05, 3.63) is 350 Å². The number of allylic oxidation sites excluding steroid dienone is 4. The molecular formula is C90H70N6. The predicted octanol–water partition coefficient (Wildman–Crippen LogP) is 24.9. The maximum Gasteiger partial charge on any atom is 0.0542 e. The van der Waals surface area contributed by atoms with E-state index in [4.69, 9.17) is 0 Å². The minimum atomic E-state index is -0.304. The van der Waals surface area contributed by atoms with Crippen LogP contribution in [-0.2, 0) is 10.8 Å². The molecule has 0 N–H and O–H groups in total. The molecule has 0 atom stereocenters. The number of hydrogen-bond acceptors (Lipinski definition) is 4. The fraction of sp³-hybridized carbons (Fsp3) is 0.0889. The van der Waals surface area contributed by atoms with E-state index < -0.39 is 0 Å². The van der Waals surface area contributed by atoms with Crippen LogP contribution in [0.4, 0.5) is 68.2 Å². The fourth-order valence-corrected chi connectivity index (χ4v) is 16.0. The highest BCUT2D eigenvalue weighted by atomic mass is 15.2. The number of hydrogen-bond donors (Lipinski definition) is 0. The summed E-state index contributed by atoms with van der Waals surface area (Å²) in [6.07, 6.45) is 8.79. The molecule has 18 rings (SSSR count). The van der Waals surface area contributed by atoms with E-state index in [1.165, 1.54) is 94.3 Å². The second-order valence-electron chi connectivity index (χ2n) is 26.9. The predicted molar refractivity (Wildman–Crippen MR) is 405 cm³/mol. The van der Waals surface area contributed by atoms with Gasteiger partial charge in [0.05, 0.1) is 44.8 Å². The van der Waals surface area contributed by atoms with Gasteiger partial charge in [-0.2, -0.15) is 0 Å². The Kier molecular flexibility index (Phi) is 13.3. The van der Waals surface area contributed by atoms with Gasteiger partial charge < -0.3 is 28.7 Å². The molecule has 460 valence electrons. The van der Waals surface area contributed by atoms with Crippen LogP contribution in [0.2, 0.25) is 0 Å². The molecule has 1 aliphatic carbocycles. The van der Waals surface area contributed by atoms with Crippen LogP contribution in [0.5, 0.6) is 0 Å². The van der Waals surface area contributed by atoms with Crippen molar-refractivity contribution in [2.24, 2.45) is 0 Å². The van der Waals surface area contributed by atoms with E-state index in [0.29, 0.717) is 0 Å². The second-order valence-corrected chi connectivity index (χ2v) is 26.9. The number of para-hydroxylation sites is 7. The van der Waals surface area contributed by atoms with Gasteiger partial charge in [0.2, 0.25) is 0 Å². The molecule has 3 aliphatic rings. The first-order valence-corrected chi connectivity index (χ1v) is 33.6. The molecular weight excluding hydrogens is 1170 g/mol. The molecule has 0 radical (unpaired) electrons. The van der Waals surface area contributed by atoms with Crippen LogP contribution in [0.15, 0.2) is 328 Å². The number of aromatic nitrogens is 2. The quantitative estimate of drug-likeness (QED) is 0.129. The molecule has 4 heterocycles. The lowest BCUT2D eigenvalue weighted by molar-refractivity contribution is 0.632. The van der Waals surface area contributed by atoms with Gasteiger partial charge in [0.1, 0.15) is 0 Å². The summed E-state index contributed by atoms with van der Waals surface area (Å²) in [6.45, 7) is 9.52. The zero-order chi connectivity index (χ0) is 64.2. The molecule has 0 spiro atoms. The summed E-state index contributed by atoms with van der Waals surface area (Å²) in [5.41, 5.74) is 27.6. The summed E-state index contributed by atoms with van der Waals surface area (Å²) in [5.74, 6) is 0. The monoisotopic (exact) mass is 1230 g/mol. The maximum atomic E-state index is 2.48. The van der Waals surface area contributed by atoms with E-state index in [-0.39, 0.29) is 10.8 Å². The van der Waals surface area contributed by atoms with E-state index >= 15 is 0 Å². The topological polar surface area (TPSA) is 22.8 Å². The second kappa shape index (κ2) is 22.4. The van der Waals surface area contributed by atoms with E-state index in [1.54, 1.807) is 0 Å². The highest BCUT2D eigenvalue weighted by Crippen LogP contribution is 2.56. The molecule has 0 amide bonds. The number of anilines is 12. The molecule has 2 aliphatic heterocycles. The summed E-state index contributed by atoms with van der Waals surface area (Å²) < 4.78 is 4.88. The molecule has 6 nitrogen and oxygen atoms in total. The largest absolute Gasteiger partial charge is 0.313 e. The SMILES string of the molecule is CC1(C)c2ccccc2N(c2ccccc2)c2ccc(N(c3ccc(-c4ccc(N(c5ccc6c(c5)C(C)(C)c5ccccc5N6c5ccccc5)c5ccc6c(c5)c5ccccc5n6-c5ccccc5)cc4)cc3)c3ccc4c(c3)c3ccccc3n4C3=CC=CCC3)cc21. The Morgan fingerprint density at radius 3 is 1.12 bits per heavy atom. The third-order valence-electron chi connectivity index (χ3n) is 20.7. The van der Waals surface area contributed by atoms with Crippen LogP contribution in [0, 0.1) is 0 Å². The zero-order valence-electron chi connectivity index (χ0n) is 54.3. The van der Waals surface area contributed by atoms with E-state index in [2.05, 4.69) is 384 Å². The maximum absolute atomic E-state index is 2.48. The number of nitrogens with zero attached hydrogens (tertiary/aromatic N) is 6. The molecule has 0 unspecified atom stereocenters. The van der Waals surface area contributed by atoms with Gasteiger partial charge in [-0.25, -0.2) is 0 Å². The molecule has 0 saturated heterocycles. The highest BCUT2D eigenvalue weighted by molar-refractivity contribution is 6.13. The van der Waals surface area contributed by atoms with E-state index in [1.807, 2.05) is 0 Å². The third-order valence-corrected chi connectivity index (χ3v) is 20.7. The Balaban J connectivity index is 0.767. The van der Waals surface area contributed by atoms with Gasteiger partial charge in [-0.05, 0) is 210 Å². The van der Waals surface area contributed by atoms with Crippen LogP contribution in [-0.4, -0.2) is 9.13 Å². The molecule has 13 aromatic carbocycles. The Labute approximate surface area is 561 Å². The fourth-order valence-electron chi connectivity index (χ4n) is 16.0. The lowest BCUT2D eigenvalue weighted by atomic mass is 9.73. The minimum Gasteiger partial charge on any atom is -0.313 e. The molecule has 6 heteroatoms. The van der Waals surface area contributed by atoms with Crippen molar-refractivity contribution in [2.45, 2.75) is 51.4 Å². The average Bonchev–Trinajstić information content (AvgIpc) is 1.06. The Bertz CT molecular complexity index is 5600. The van der Waals surface area contributed by atoms with E-state index in [9.17, 15) is 0 Å². The number of benzene rings is 13. The van der Waals surface area contributed by atoms with Crippen molar-refractivity contribution in [3.8, 4) is 16.8 Å². The van der Waals surface area contributed by atoms with Gasteiger partial charge in [0.25, 0.3) is 0 Å². The molecule has 15 aromatic rings. The first-order chi connectivity index (χ1) is 47.2. The van der Waals surface area contributed by atoms with Gasteiger partial charge >= 0.3 is 0 Å². The van der Waals surface area contributed by atoms with Crippen molar-refractivity contribution in [3.63, 3.8) is 0 Å². The van der Waals surface area contributed by atoms with Crippen molar-refractivity contribution in [2.75, 3.05) is 19.6 Å². The molecule has 2 aromatic heterocycles. The smallest absolute Gasteiger partial charge is 0.0542 e. The third kappa shape index (κ3) is 9.07. The Morgan fingerprint density at radius 2 is 0.656 bits per heavy atom. The summed E-state index contributed by atoms with van der Waals surface area (Å²) in [7, 11) is 0. The zero-order valence-corrected chi connectivity index (χ0v) is 54.3. The Morgan fingerprint density at radius 1 is 0.292 bits per heavy atom. The highest BCUT2D eigenvalue weighted by Gasteiger charge is 2.39. The van der Waals surface area contributed by atoms with Crippen molar-refractivity contribution in [1.29, 1.82) is 0 Å². The standard InChI is InChI=1S/C90H70N6/c1-89(2)77-35-19-23-39-85(77)95(65-29-13-7-14-30-65)87-55-51-71(59-79(87)89)91(69-49-53-83-75(57-69)73-33-17-21-37-81(73)93(83)63-25-9-5-10-26-63)67-45-41-61(42-46-67)62-43-47-68(48-44-62)92(70-50-54-84-76(58-70)74-34-18-22-38-82(74)94(84)64-27-11-6-12-28-64)72-52-56-88-80(60-72)90(3,4)78-36-20-24-40-86(78)96(88)66-31-15-8-16-32-66/h5-11,13-27,29-60H,12,28H2,1-4H3. The Hall–Kier alpha value is -11.9. The van der Waals surface area contributed by atoms with Gasteiger partial charge in [0.15, 0.2) is 0 Å². The van der Waals surface area contributed by atoms with Crippen molar-refractivity contribution < 1.29 is 0 Å². The first kappa shape index (κ1) is 56.9. The number of fused-ring (bicyclic) bond motifs is 10. The van der Waals surface area contributed by atoms with Crippen molar-refractivity contribution >= 4 is 118 Å². The van der Waals surface area contributed by atoms with Crippen LogP contribution >= 0.6 is 0 Å². The first-order valence-electron chi connectivity index (χ1n) is 33.6. The van der Waals surface area contributed by atoms with Crippen molar-refractivity contribution in [1.82, 2.24) is 9.13 Å². The van der Waals surface area contributed by atoms with Gasteiger partial charge in [-0.15, -0.1) is 0 Å². The summed E-state index contributed by atoms with van der Waals surface area (Å²) in [6, 6.07) is 115. The minimum absolute atomic E-state index is 0.300. The summed E-state index contributed by atoms with van der Waals surface area (Å²) in [4.78, 5) is 9.80. The number of rotatable bonds is 11. The lowest BCUT2D eigenvalue weighted by Crippen LogP contribution is -2.30. The summed E-state index contributed by atoms with van der Waals surface area (Å²) in [5, 5.41) is 4.89. The summed E-state index contributed by atoms with van der Waals surface area (Å²) >= 11 is 0. The van der Waals surface area contributed by atoms with E-state index in [0.717, 1.165) is 75.2 Å². The van der Waals surface area contributed by atoms with Crippen LogP contribution < -0.4 is 19.6 Å². The van der Waals surface area contributed by atoms with Gasteiger partial charge in [0, 0.05) is 89.3 Å². The average molecular weight is 1240 g/mol. The van der Waals surface area contributed by atoms with Crippen LogP contribution in [0.25, 0.3) is 66.1 Å². The normalized spacial score (nSPS) is 14.3. The van der Waals surface area contributed by atoms with Gasteiger partial charge in [-0.3, -0.25) is 0 Å². The van der Waals surface area contributed by atoms with Crippen LogP contribution in [0.3, 0.4) is 0 Å². The molecule has 0 saturated carbocycles.